The fourth-order valence-corrected chi connectivity index (χ4v) is 5.84. The number of carbonyl (C=O) groups is 1. The van der Waals surface area contributed by atoms with Crippen molar-refractivity contribution >= 4 is 44.1 Å². The number of nitrogens with zero attached hydrogens (tertiary/aromatic N) is 4. The summed E-state index contributed by atoms with van der Waals surface area (Å²) in [5.74, 6) is 1.60. The van der Waals surface area contributed by atoms with Gasteiger partial charge in [0.25, 0.3) is 0 Å². The van der Waals surface area contributed by atoms with E-state index in [-0.39, 0.29) is 11.1 Å². The number of likely N-dealkylation sites (N-methyl/N-ethyl adjacent to an activating group) is 1. The Morgan fingerprint density at radius 3 is 2.43 bits per heavy atom. The van der Waals surface area contributed by atoms with Gasteiger partial charge in [-0.05, 0) is 61.3 Å². The summed E-state index contributed by atoms with van der Waals surface area (Å²) in [6.45, 7) is 10.1. The summed E-state index contributed by atoms with van der Waals surface area (Å²) in [7, 11) is 1.96. The van der Waals surface area contributed by atoms with Crippen LogP contribution in [0.25, 0.3) is 10.9 Å². The van der Waals surface area contributed by atoms with Crippen molar-refractivity contribution in [2.75, 3.05) is 61.9 Å². The molecule has 0 aliphatic carbocycles. The number of carboxylic acid groups (broad SMARTS) is 1. The molecular formula is C33H44N6O6S. The Labute approximate surface area is 270 Å². The zero-order valence-electron chi connectivity index (χ0n) is 27.5. The van der Waals surface area contributed by atoms with Crippen molar-refractivity contribution in [3.05, 3.63) is 66.0 Å². The number of anilines is 3. The van der Waals surface area contributed by atoms with Gasteiger partial charge in [0.05, 0.1) is 30.3 Å². The molecule has 4 aromatic rings. The quantitative estimate of drug-likeness (QED) is 0.229. The number of pyridine rings is 1. The Morgan fingerprint density at radius 1 is 1.04 bits per heavy atom. The monoisotopic (exact) mass is 652 g/mol. The first-order chi connectivity index (χ1) is 21.6. The van der Waals surface area contributed by atoms with Crippen LogP contribution in [0, 0.1) is 0 Å². The van der Waals surface area contributed by atoms with Crippen LogP contribution >= 0.6 is 0 Å². The van der Waals surface area contributed by atoms with E-state index in [1.54, 1.807) is 36.0 Å². The summed E-state index contributed by atoms with van der Waals surface area (Å²) >= 11 is 0. The van der Waals surface area contributed by atoms with Gasteiger partial charge < -0.3 is 34.7 Å². The van der Waals surface area contributed by atoms with Crippen LogP contribution in [0.1, 0.15) is 43.2 Å². The van der Waals surface area contributed by atoms with Gasteiger partial charge in [0, 0.05) is 44.3 Å². The lowest BCUT2D eigenvalue weighted by Gasteiger charge is -2.22. The molecule has 46 heavy (non-hydrogen) atoms. The van der Waals surface area contributed by atoms with Gasteiger partial charge in [-0.2, -0.15) is 0 Å². The number of nitrogen functional groups attached to an aromatic ring is 1. The third kappa shape index (κ3) is 8.40. The summed E-state index contributed by atoms with van der Waals surface area (Å²) in [5.41, 5.74) is 8.46. The van der Waals surface area contributed by atoms with Gasteiger partial charge in [-0.3, -0.25) is 4.72 Å². The molecule has 0 spiro atoms. The van der Waals surface area contributed by atoms with E-state index in [0.29, 0.717) is 28.6 Å². The summed E-state index contributed by atoms with van der Waals surface area (Å²) in [6, 6.07) is 14.6. The highest BCUT2D eigenvalue weighted by Gasteiger charge is 2.20. The minimum atomic E-state index is -3.37. The summed E-state index contributed by atoms with van der Waals surface area (Å²) in [6.07, 6.45) is 3.95. The molecule has 1 saturated heterocycles. The van der Waals surface area contributed by atoms with E-state index in [2.05, 4.69) is 26.6 Å². The van der Waals surface area contributed by atoms with Crippen molar-refractivity contribution in [3.8, 4) is 17.2 Å². The molecule has 0 unspecified atom stereocenters. The molecule has 0 bridgehead atoms. The number of aromatic carboxylic acids is 1. The van der Waals surface area contributed by atoms with E-state index >= 15 is 0 Å². The number of hydrogen-bond acceptors (Lipinski definition) is 9. The Kier molecular flexibility index (Phi) is 10.4. The van der Waals surface area contributed by atoms with Gasteiger partial charge in [0.1, 0.15) is 17.3 Å². The van der Waals surface area contributed by atoms with Crippen molar-refractivity contribution in [2.45, 2.75) is 32.6 Å². The van der Waals surface area contributed by atoms with E-state index in [4.69, 9.17) is 15.2 Å². The highest BCUT2D eigenvalue weighted by Crippen LogP contribution is 2.37. The van der Waals surface area contributed by atoms with Crippen molar-refractivity contribution < 1.29 is 27.8 Å². The lowest BCUT2D eigenvalue weighted by Crippen LogP contribution is -2.29. The van der Waals surface area contributed by atoms with E-state index in [1.165, 1.54) is 7.11 Å². The van der Waals surface area contributed by atoms with Crippen molar-refractivity contribution in [1.82, 2.24) is 14.5 Å². The van der Waals surface area contributed by atoms with E-state index < -0.39 is 16.0 Å². The molecule has 0 atom stereocenters. The second kappa shape index (κ2) is 13.9. The largest absolute Gasteiger partial charge is 0.492 e. The van der Waals surface area contributed by atoms with Gasteiger partial charge in [-0.15, -0.1) is 0 Å². The van der Waals surface area contributed by atoms with Crippen molar-refractivity contribution in [1.29, 1.82) is 0 Å². The zero-order valence-corrected chi connectivity index (χ0v) is 28.3. The topological polar surface area (TPSA) is 152 Å². The molecule has 12 nitrogen and oxygen atoms in total. The molecule has 1 aliphatic rings. The van der Waals surface area contributed by atoms with Gasteiger partial charge in [0.2, 0.25) is 10.0 Å². The number of aryl methyl sites for hydroxylation is 1. The zero-order chi connectivity index (χ0) is 33.8. The number of hydrogen-bond donors (Lipinski definition) is 3. The lowest BCUT2D eigenvalue weighted by atomic mass is 9.86. The Balaban J connectivity index is 0.000000232. The van der Waals surface area contributed by atoms with E-state index in [9.17, 15) is 18.3 Å². The first-order valence-corrected chi connectivity index (χ1v) is 16.8. The van der Waals surface area contributed by atoms with E-state index in [0.717, 1.165) is 61.1 Å². The number of carboxylic acids is 1. The van der Waals surface area contributed by atoms with Crippen LogP contribution in [0.15, 0.2) is 54.7 Å². The maximum absolute atomic E-state index is 11.5. The highest BCUT2D eigenvalue weighted by atomic mass is 32.2. The van der Waals surface area contributed by atoms with Crippen LogP contribution in [-0.4, -0.2) is 80.5 Å². The molecule has 5 rings (SSSR count). The third-order valence-corrected chi connectivity index (χ3v) is 8.30. The fourth-order valence-electron chi connectivity index (χ4n) is 5.29. The van der Waals surface area contributed by atoms with Crippen LogP contribution < -0.4 is 24.8 Å². The molecule has 1 fully saturated rings. The number of benzene rings is 2. The minimum Gasteiger partial charge on any atom is -0.492 e. The Morgan fingerprint density at radius 2 is 1.78 bits per heavy atom. The van der Waals surface area contributed by atoms with Gasteiger partial charge in [-0.1, -0.05) is 32.9 Å². The SMILES string of the molecule is CN1CCCN(c2cc(Oc3cccc4cc(C(=O)O)n(C)c34)ccn2)CC1.COc1c(N)cc(C(C)(C)C)cc1NS(C)(=O)=O. The fraction of sp³-hybridized carbons (Fsp3) is 0.394. The number of aromatic nitrogens is 2. The number of ether oxygens (including phenoxy) is 2. The number of nitrogens with one attached hydrogen (secondary N) is 1. The predicted octanol–water partition coefficient (Wildman–Crippen LogP) is 5.15. The smallest absolute Gasteiger partial charge is 0.352 e. The second-order valence-corrected chi connectivity index (χ2v) is 14.2. The van der Waals surface area contributed by atoms with Gasteiger partial charge >= 0.3 is 5.97 Å². The third-order valence-electron chi connectivity index (χ3n) is 7.71. The average molecular weight is 653 g/mol. The first kappa shape index (κ1) is 34.4. The molecule has 4 N–H and O–H groups in total. The molecule has 248 valence electrons. The van der Waals surface area contributed by atoms with Gasteiger partial charge in [0.15, 0.2) is 11.5 Å². The number of nitrogens with two attached hydrogens (primary N) is 1. The molecule has 0 saturated carbocycles. The lowest BCUT2D eigenvalue weighted by molar-refractivity contribution is 0.0687. The van der Waals surface area contributed by atoms with Gasteiger partial charge in [-0.25, -0.2) is 18.2 Å². The summed E-state index contributed by atoms with van der Waals surface area (Å²) in [5, 5.41) is 10.2. The number of para-hydroxylation sites is 1. The molecule has 0 amide bonds. The van der Waals surface area contributed by atoms with Crippen LogP contribution in [0.4, 0.5) is 17.2 Å². The molecule has 1 aliphatic heterocycles. The van der Waals surface area contributed by atoms with Crippen LogP contribution in [0.3, 0.4) is 0 Å². The van der Waals surface area contributed by atoms with Crippen molar-refractivity contribution in [2.24, 2.45) is 7.05 Å². The normalized spacial score (nSPS) is 14.3. The first-order valence-electron chi connectivity index (χ1n) is 14.9. The standard InChI is InChI=1S/C21H24N4O3.C12H20N2O3S/c1-23-9-4-10-25(12-11-23)19-14-16(7-8-22-19)28-18-6-3-5-15-13-17(21(26)27)24(2)20(15)18;1-12(2,3)8-6-9(13)11(17-4)10(7-8)14-18(5,15)16/h3,5-8,13-14H,4,9-12H2,1-2H3,(H,26,27);6-7,14H,13H2,1-5H3. The molecule has 3 heterocycles. The Hall–Kier alpha value is -4.49. The maximum atomic E-state index is 11.5. The predicted molar refractivity (Wildman–Crippen MR) is 183 cm³/mol. The van der Waals surface area contributed by atoms with Crippen LogP contribution in [0.5, 0.6) is 17.2 Å². The molecule has 13 heteroatoms. The molecule has 0 radical (unpaired) electrons. The average Bonchev–Trinajstić information content (AvgIpc) is 3.15. The highest BCUT2D eigenvalue weighted by molar-refractivity contribution is 7.92. The summed E-state index contributed by atoms with van der Waals surface area (Å²) < 4.78 is 38.0. The van der Waals surface area contributed by atoms with Crippen LogP contribution in [-0.2, 0) is 22.5 Å². The number of sulfonamides is 1. The number of rotatable bonds is 7. The maximum Gasteiger partial charge on any atom is 0.352 e. The number of fused-ring (bicyclic) bond motifs is 1. The molecular weight excluding hydrogens is 608 g/mol. The molecule has 2 aromatic heterocycles. The summed E-state index contributed by atoms with van der Waals surface area (Å²) in [4.78, 5) is 20.6. The second-order valence-electron chi connectivity index (χ2n) is 12.5. The van der Waals surface area contributed by atoms with E-state index in [1.807, 2.05) is 51.1 Å². The minimum absolute atomic E-state index is 0.131. The van der Waals surface area contributed by atoms with Crippen molar-refractivity contribution in [3.63, 3.8) is 0 Å². The van der Waals surface area contributed by atoms with Crippen LogP contribution in [0.2, 0.25) is 0 Å². The number of methoxy groups -OCH3 is 1. The Bertz CT molecular complexity index is 1820. The molecule has 2 aromatic carbocycles.